The van der Waals surface area contributed by atoms with Gasteiger partial charge in [0.05, 0.1) is 21.6 Å². The molecule has 0 saturated carbocycles. The minimum absolute atomic E-state index is 0.0114. The van der Waals surface area contributed by atoms with E-state index in [1.54, 1.807) is 4.90 Å². The highest BCUT2D eigenvalue weighted by atomic mass is 35.5. The number of hydrogen-bond acceptors (Lipinski definition) is 5. The number of nitrogens with zero attached hydrogens (tertiary/aromatic N) is 3. The number of aromatic carboxylic acids is 1. The molecule has 1 fully saturated rings. The minimum Gasteiger partial charge on any atom is -0.477 e. The fourth-order valence-electron chi connectivity index (χ4n) is 3.44. The summed E-state index contributed by atoms with van der Waals surface area (Å²) >= 11 is 6.55. The van der Waals surface area contributed by atoms with E-state index >= 15 is 0 Å². The van der Waals surface area contributed by atoms with Gasteiger partial charge >= 0.3 is 5.97 Å². The van der Waals surface area contributed by atoms with Crippen molar-refractivity contribution in [2.45, 2.75) is 0 Å². The largest absolute Gasteiger partial charge is 0.477 e. The predicted octanol–water partition coefficient (Wildman–Crippen LogP) is 2.43. The lowest BCUT2D eigenvalue weighted by atomic mass is 10.1. The normalized spacial score (nSPS) is 14.4. The highest BCUT2D eigenvalue weighted by Gasteiger charge is 2.25. The summed E-state index contributed by atoms with van der Waals surface area (Å²) < 4.78 is 29.9. The van der Waals surface area contributed by atoms with Crippen molar-refractivity contribution in [3.8, 4) is 5.82 Å². The van der Waals surface area contributed by atoms with E-state index in [1.165, 1.54) is 10.8 Å². The molecule has 29 heavy (non-hydrogen) atoms. The highest BCUT2D eigenvalue weighted by Crippen LogP contribution is 2.36. The van der Waals surface area contributed by atoms with Gasteiger partial charge in [-0.25, -0.2) is 18.6 Å². The van der Waals surface area contributed by atoms with Crippen LogP contribution in [-0.2, 0) is 0 Å². The van der Waals surface area contributed by atoms with Gasteiger partial charge in [-0.1, -0.05) is 11.6 Å². The first-order valence-electron chi connectivity index (χ1n) is 8.76. The van der Waals surface area contributed by atoms with E-state index in [4.69, 9.17) is 11.6 Å². The van der Waals surface area contributed by atoms with Gasteiger partial charge in [0.1, 0.15) is 23.0 Å². The van der Waals surface area contributed by atoms with Crippen LogP contribution < -0.4 is 15.6 Å². The molecule has 150 valence electrons. The molecule has 7 nitrogen and oxygen atoms in total. The molecule has 1 aliphatic heterocycles. The number of piperazine rings is 1. The lowest BCUT2D eigenvalue weighted by molar-refractivity contribution is 0.0695. The molecule has 1 aliphatic rings. The molecule has 0 amide bonds. The third kappa shape index (κ3) is 3.32. The molecule has 0 bridgehead atoms. The van der Waals surface area contributed by atoms with Crippen molar-refractivity contribution in [2.75, 3.05) is 31.1 Å². The first kappa shape index (κ1) is 19.3. The van der Waals surface area contributed by atoms with Gasteiger partial charge < -0.3 is 15.3 Å². The smallest absolute Gasteiger partial charge is 0.341 e. The third-order valence-corrected chi connectivity index (χ3v) is 5.13. The monoisotopic (exact) mass is 420 g/mol. The molecule has 1 saturated heterocycles. The van der Waals surface area contributed by atoms with E-state index in [2.05, 4.69) is 10.3 Å². The third-order valence-electron chi connectivity index (χ3n) is 4.77. The van der Waals surface area contributed by atoms with E-state index in [9.17, 15) is 23.5 Å². The molecular weight excluding hydrogens is 406 g/mol. The number of benzene rings is 1. The Morgan fingerprint density at radius 3 is 2.62 bits per heavy atom. The Bertz CT molecular complexity index is 1190. The standard InChI is InChI=1S/C19H15ClF2N4O3/c20-15-16-11(8-13(22)17(15)25-5-3-23-4-6-25)18(27)12(19(28)29)9-26(16)14-7-10(21)1-2-24-14/h1-2,7-9,23H,3-6H2,(H,28,29). The number of carbonyl (C=O) groups is 1. The molecule has 3 heterocycles. The second-order valence-corrected chi connectivity index (χ2v) is 6.91. The Kier molecular flexibility index (Phi) is 4.93. The van der Waals surface area contributed by atoms with Crippen LogP contribution >= 0.6 is 11.6 Å². The summed E-state index contributed by atoms with van der Waals surface area (Å²) in [6.07, 6.45) is 2.23. The van der Waals surface area contributed by atoms with Crippen molar-refractivity contribution in [3.63, 3.8) is 0 Å². The second kappa shape index (κ2) is 7.41. The molecule has 1 aromatic carbocycles. The number of halogens is 3. The van der Waals surface area contributed by atoms with E-state index in [0.29, 0.717) is 26.2 Å². The van der Waals surface area contributed by atoms with Gasteiger partial charge in [-0.2, -0.15) is 0 Å². The van der Waals surface area contributed by atoms with Crippen molar-refractivity contribution in [1.29, 1.82) is 0 Å². The van der Waals surface area contributed by atoms with Crippen LogP contribution in [0.1, 0.15) is 10.4 Å². The number of fused-ring (bicyclic) bond motifs is 1. The highest BCUT2D eigenvalue weighted by molar-refractivity contribution is 6.38. The summed E-state index contributed by atoms with van der Waals surface area (Å²) in [5, 5.41) is 12.3. The summed E-state index contributed by atoms with van der Waals surface area (Å²) in [7, 11) is 0. The van der Waals surface area contributed by atoms with Gasteiger partial charge in [-0.05, 0) is 12.1 Å². The average Bonchev–Trinajstić information content (AvgIpc) is 2.69. The molecule has 10 heteroatoms. The number of pyridine rings is 2. The van der Waals surface area contributed by atoms with Crippen LogP contribution in [0.15, 0.2) is 35.4 Å². The summed E-state index contributed by atoms with van der Waals surface area (Å²) in [6.45, 7) is 2.25. The summed E-state index contributed by atoms with van der Waals surface area (Å²) in [4.78, 5) is 30.0. The maximum absolute atomic E-state index is 15.0. The minimum atomic E-state index is -1.50. The maximum Gasteiger partial charge on any atom is 0.341 e. The number of rotatable bonds is 3. The van der Waals surface area contributed by atoms with Gasteiger partial charge in [0, 0.05) is 44.6 Å². The molecule has 4 rings (SSSR count). The van der Waals surface area contributed by atoms with Gasteiger partial charge in [0.15, 0.2) is 0 Å². The zero-order valence-corrected chi connectivity index (χ0v) is 15.7. The van der Waals surface area contributed by atoms with Crippen molar-refractivity contribution < 1.29 is 18.7 Å². The molecule has 0 atom stereocenters. The van der Waals surface area contributed by atoms with Gasteiger partial charge in [0.2, 0.25) is 5.43 Å². The Morgan fingerprint density at radius 2 is 1.97 bits per heavy atom. The van der Waals surface area contributed by atoms with Crippen LogP contribution in [0, 0.1) is 11.6 Å². The van der Waals surface area contributed by atoms with Crippen molar-refractivity contribution in [2.24, 2.45) is 0 Å². The van der Waals surface area contributed by atoms with Crippen LogP contribution in [0.4, 0.5) is 14.5 Å². The van der Waals surface area contributed by atoms with Crippen molar-refractivity contribution >= 4 is 34.2 Å². The van der Waals surface area contributed by atoms with E-state index in [1.807, 2.05) is 0 Å². The first-order valence-corrected chi connectivity index (χ1v) is 9.14. The summed E-state index contributed by atoms with van der Waals surface area (Å²) in [5.74, 6) is -2.83. The summed E-state index contributed by atoms with van der Waals surface area (Å²) in [5.41, 5.74) is -1.32. The molecule has 0 radical (unpaired) electrons. The predicted molar refractivity (Wildman–Crippen MR) is 104 cm³/mol. The molecule has 2 N–H and O–H groups in total. The van der Waals surface area contributed by atoms with Crippen molar-refractivity contribution in [1.82, 2.24) is 14.9 Å². The number of carboxylic acid groups (broad SMARTS) is 1. The zero-order chi connectivity index (χ0) is 20.7. The molecule has 0 unspecified atom stereocenters. The number of nitrogens with one attached hydrogen (secondary N) is 1. The van der Waals surface area contributed by atoms with Gasteiger partial charge in [0.25, 0.3) is 0 Å². The molecule has 0 spiro atoms. The second-order valence-electron chi connectivity index (χ2n) is 6.53. The van der Waals surface area contributed by atoms with E-state index in [0.717, 1.165) is 24.4 Å². The molecular formula is C19H15ClF2N4O3. The fraction of sp³-hybridized carbons (Fsp3) is 0.211. The van der Waals surface area contributed by atoms with Crippen LogP contribution in [0.25, 0.3) is 16.7 Å². The SMILES string of the molecule is O=C(O)c1cn(-c2cc(F)ccn2)c2c(Cl)c(N3CCNCC3)c(F)cc2c1=O. The Morgan fingerprint density at radius 1 is 1.24 bits per heavy atom. The van der Waals surface area contributed by atoms with Crippen LogP contribution in [0.2, 0.25) is 5.02 Å². The van der Waals surface area contributed by atoms with E-state index in [-0.39, 0.29) is 27.4 Å². The van der Waals surface area contributed by atoms with Crippen molar-refractivity contribution in [3.05, 3.63) is 63.0 Å². The number of anilines is 1. The lowest BCUT2D eigenvalue weighted by Gasteiger charge is -2.31. The quantitative estimate of drug-likeness (QED) is 0.676. The zero-order valence-electron chi connectivity index (χ0n) is 15.0. The Hall–Kier alpha value is -3.04. The summed E-state index contributed by atoms with van der Waals surface area (Å²) in [6, 6.07) is 3.17. The Labute approximate surface area is 168 Å². The molecule has 2 aromatic heterocycles. The average molecular weight is 421 g/mol. The first-order chi connectivity index (χ1) is 13.9. The molecule has 0 aliphatic carbocycles. The van der Waals surface area contributed by atoms with Gasteiger partial charge in [-0.15, -0.1) is 0 Å². The molecule has 3 aromatic rings. The maximum atomic E-state index is 15.0. The van der Waals surface area contributed by atoms with Crippen LogP contribution in [0.5, 0.6) is 0 Å². The number of carboxylic acids is 1. The van der Waals surface area contributed by atoms with Crippen LogP contribution in [0.3, 0.4) is 0 Å². The number of hydrogen-bond donors (Lipinski definition) is 2. The van der Waals surface area contributed by atoms with Crippen LogP contribution in [-0.4, -0.2) is 46.8 Å². The Balaban J connectivity index is 2.10. The topological polar surface area (TPSA) is 87.5 Å². The fourth-order valence-corrected chi connectivity index (χ4v) is 3.84. The number of aromatic nitrogens is 2. The lowest BCUT2D eigenvalue weighted by Crippen LogP contribution is -2.44. The van der Waals surface area contributed by atoms with Gasteiger partial charge in [-0.3, -0.25) is 9.36 Å². The van der Waals surface area contributed by atoms with E-state index < -0.39 is 28.6 Å².